The summed E-state index contributed by atoms with van der Waals surface area (Å²) < 4.78 is 6.72. The molecule has 1 aliphatic heterocycles. The van der Waals surface area contributed by atoms with Crippen LogP contribution < -0.4 is 0 Å². The lowest BCUT2D eigenvalue weighted by atomic mass is 10.1. The standard InChI is InChI=1S/C30H51N2O2.C7H14O4/c1-2-3-4-5-6-7-8-9-10-11-12-13-14-15-19-22-30-31(25-26-33)23-24-32(30)27-29(34)28-20-17-16-18-21-28;1-11-7(10)4-2-3-6(9)5-8/h9-10,16-18,20-21,29,33-34H,2-8,11-15,19,22-27H2,1H3;6,8-9H,2-5H2,1H3/q+1;/b10-9-;. The van der Waals surface area contributed by atoms with Crippen LogP contribution in [0.5, 0.6) is 0 Å². The molecular formula is C37H65N2O6+. The zero-order valence-corrected chi connectivity index (χ0v) is 28.5. The molecule has 2 unspecified atom stereocenters. The van der Waals surface area contributed by atoms with Crippen molar-refractivity contribution in [1.82, 2.24) is 4.90 Å². The molecule has 8 nitrogen and oxygen atoms in total. The van der Waals surface area contributed by atoms with Crippen LogP contribution in [-0.4, -0.2) is 94.3 Å². The Bertz CT molecular complexity index is 907. The quantitative estimate of drug-likeness (QED) is 0.0442. The summed E-state index contributed by atoms with van der Waals surface area (Å²) in [7, 11) is 1.32. The van der Waals surface area contributed by atoms with Crippen molar-refractivity contribution >= 4 is 11.8 Å². The highest BCUT2D eigenvalue weighted by atomic mass is 16.5. The minimum Gasteiger partial charge on any atom is -0.469 e. The molecule has 0 fully saturated rings. The van der Waals surface area contributed by atoms with E-state index in [1.807, 2.05) is 30.3 Å². The van der Waals surface area contributed by atoms with Crippen LogP contribution >= 0.6 is 0 Å². The molecule has 0 aliphatic carbocycles. The fourth-order valence-electron chi connectivity index (χ4n) is 5.59. The van der Waals surface area contributed by atoms with Gasteiger partial charge in [-0.3, -0.25) is 14.3 Å². The number of methoxy groups -OCH3 is 1. The largest absolute Gasteiger partial charge is 0.469 e. The van der Waals surface area contributed by atoms with Gasteiger partial charge in [0.15, 0.2) is 0 Å². The molecule has 0 saturated carbocycles. The Hall–Kier alpha value is -2.26. The first-order valence-corrected chi connectivity index (χ1v) is 17.7. The van der Waals surface area contributed by atoms with Gasteiger partial charge in [0.25, 0.3) is 0 Å². The number of esters is 1. The van der Waals surface area contributed by atoms with Crippen molar-refractivity contribution in [1.29, 1.82) is 0 Å². The smallest absolute Gasteiger partial charge is 0.305 e. The summed E-state index contributed by atoms with van der Waals surface area (Å²) in [6.45, 7) is 5.42. The number of carbonyl (C=O) groups excluding carboxylic acids is 1. The van der Waals surface area contributed by atoms with E-state index in [0.29, 0.717) is 32.4 Å². The minimum atomic E-state index is -0.709. The normalized spacial score (nSPS) is 14.5. The van der Waals surface area contributed by atoms with E-state index in [9.17, 15) is 15.0 Å². The van der Waals surface area contributed by atoms with E-state index < -0.39 is 12.2 Å². The highest BCUT2D eigenvalue weighted by molar-refractivity contribution is 5.78. The molecular weight excluding hydrogens is 568 g/mol. The zero-order chi connectivity index (χ0) is 33.0. The van der Waals surface area contributed by atoms with Crippen molar-refractivity contribution in [2.75, 3.05) is 46.5 Å². The van der Waals surface area contributed by atoms with Gasteiger partial charge >= 0.3 is 5.97 Å². The number of benzene rings is 1. The Morgan fingerprint density at radius 1 is 0.911 bits per heavy atom. The van der Waals surface area contributed by atoms with Gasteiger partial charge in [0.2, 0.25) is 5.84 Å². The summed E-state index contributed by atoms with van der Waals surface area (Å²) in [4.78, 5) is 12.8. The second-order valence-electron chi connectivity index (χ2n) is 12.1. The van der Waals surface area contributed by atoms with E-state index in [0.717, 1.165) is 25.1 Å². The second kappa shape index (κ2) is 28.0. The molecule has 4 N–H and O–H groups in total. The average Bonchev–Trinajstić information content (AvgIpc) is 3.43. The molecule has 0 radical (unpaired) electrons. The molecule has 2 atom stereocenters. The fraction of sp³-hybridized carbons (Fsp3) is 0.730. The van der Waals surface area contributed by atoms with Crippen LogP contribution in [-0.2, 0) is 9.53 Å². The van der Waals surface area contributed by atoms with Crippen molar-refractivity contribution < 1.29 is 34.5 Å². The van der Waals surface area contributed by atoms with E-state index in [-0.39, 0.29) is 19.2 Å². The van der Waals surface area contributed by atoms with Gasteiger partial charge in [0.05, 0.1) is 26.4 Å². The number of amidine groups is 1. The second-order valence-corrected chi connectivity index (χ2v) is 12.1. The van der Waals surface area contributed by atoms with Gasteiger partial charge in [0.1, 0.15) is 32.3 Å². The van der Waals surface area contributed by atoms with Gasteiger partial charge < -0.3 is 25.2 Å². The lowest BCUT2D eigenvalue weighted by molar-refractivity contribution is -0.529. The maximum Gasteiger partial charge on any atom is 0.305 e. The Balaban J connectivity index is 0.000000782. The SMILES string of the molecule is CCCCCCCC/C=C\CCCCCCCC1=[N+](CC(O)c2ccccc2)CCN1CCO.COC(=O)CCCC(O)CO. The molecule has 0 bridgehead atoms. The van der Waals surface area contributed by atoms with Gasteiger partial charge in [-0.15, -0.1) is 0 Å². The summed E-state index contributed by atoms with van der Waals surface area (Å²) in [5, 5.41) is 37.4. The van der Waals surface area contributed by atoms with Gasteiger partial charge in [-0.05, 0) is 50.5 Å². The lowest BCUT2D eigenvalue weighted by Gasteiger charge is -2.14. The van der Waals surface area contributed by atoms with Crippen LogP contribution in [0.3, 0.4) is 0 Å². The van der Waals surface area contributed by atoms with Crippen LogP contribution in [0.2, 0.25) is 0 Å². The molecule has 0 aromatic heterocycles. The number of hydrogen-bond donors (Lipinski definition) is 4. The topological polar surface area (TPSA) is 113 Å². The molecule has 0 amide bonds. The third-order valence-electron chi connectivity index (χ3n) is 8.34. The first-order valence-electron chi connectivity index (χ1n) is 17.7. The van der Waals surface area contributed by atoms with Gasteiger partial charge in [0, 0.05) is 12.8 Å². The maximum atomic E-state index is 10.7. The molecule has 1 aromatic rings. The summed E-state index contributed by atoms with van der Waals surface area (Å²) in [5.74, 6) is 1.02. The molecule has 2 rings (SSSR count). The Morgan fingerprint density at radius 2 is 1.53 bits per heavy atom. The minimum absolute atomic E-state index is 0.185. The van der Waals surface area contributed by atoms with E-state index in [4.69, 9.17) is 10.2 Å². The van der Waals surface area contributed by atoms with Crippen molar-refractivity contribution in [3.63, 3.8) is 0 Å². The van der Waals surface area contributed by atoms with Crippen molar-refractivity contribution in [3.05, 3.63) is 48.0 Å². The predicted octanol–water partition coefficient (Wildman–Crippen LogP) is 6.16. The highest BCUT2D eigenvalue weighted by Gasteiger charge is 2.30. The molecule has 1 aliphatic rings. The number of unbranched alkanes of at least 4 members (excludes halogenated alkanes) is 11. The van der Waals surface area contributed by atoms with Crippen LogP contribution in [0.1, 0.15) is 128 Å². The molecule has 1 aromatic carbocycles. The monoisotopic (exact) mass is 633 g/mol. The summed E-state index contributed by atoms with van der Waals surface area (Å²) in [6.07, 6.45) is 23.0. The lowest BCUT2D eigenvalue weighted by Crippen LogP contribution is -2.32. The van der Waals surface area contributed by atoms with E-state index in [2.05, 4.69) is 33.3 Å². The number of aliphatic hydroxyl groups excluding tert-OH is 4. The number of ether oxygens (including phenoxy) is 1. The zero-order valence-electron chi connectivity index (χ0n) is 28.5. The Kier molecular flexibility index (Phi) is 25.4. The average molecular weight is 634 g/mol. The van der Waals surface area contributed by atoms with E-state index in [1.165, 1.54) is 96.4 Å². The molecule has 0 saturated heterocycles. The van der Waals surface area contributed by atoms with Crippen LogP contribution in [0.25, 0.3) is 0 Å². The molecule has 258 valence electrons. The fourth-order valence-corrected chi connectivity index (χ4v) is 5.59. The van der Waals surface area contributed by atoms with Crippen molar-refractivity contribution in [3.8, 4) is 0 Å². The maximum absolute atomic E-state index is 10.7. The van der Waals surface area contributed by atoms with E-state index in [1.54, 1.807) is 0 Å². The van der Waals surface area contributed by atoms with Gasteiger partial charge in [-0.25, -0.2) is 0 Å². The number of allylic oxidation sites excluding steroid dienone is 2. The van der Waals surface area contributed by atoms with Crippen LogP contribution in [0.15, 0.2) is 42.5 Å². The summed E-state index contributed by atoms with van der Waals surface area (Å²) in [5.41, 5.74) is 0.975. The van der Waals surface area contributed by atoms with Gasteiger partial charge in [-0.1, -0.05) is 101 Å². The number of nitrogens with zero attached hydrogens (tertiary/aromatic N) is 2. The Morgan fingerprint density at radius 3 is 2.13 bits per heavy atom. The number of β-amino-alcohol motifs (C(OH)–C–C–N with tert-alkyl or cyclic N) is 2. The van der Waals surface area contributed by atoms with Gasteiger partial charge in [-0.2, -0.15) is 0 Å². The first-order chi connectivity index (χ1) is 22.0. The number of aliphatic hydroxyl groups is 4. The molecule has 8 heteroatoms. The number of carbonyl (C=O) groups is 1. The number of rotatable bonds is 25. The predicted molar refractivity (Wildman–Crippen MR) is 183 cm³/mol. The summed E-state index contributed by atoms with van der Waals surface area (Å²) >= 11 is 0. The highest BCUT2D eigenvalue weighted by Crippen LogP contribution is 2.17. The summed E-state index contributed by atoms with van der Waals surface area (Å²) in [6, 6.07) is 9.94. The van der Waals surface area contributed by atoms with E-state index >= 15 is 0 Å². The van der Waals surface area contributed by atoms with Crippen LogP contribution in [0, 0.1) is 0 Å². The third-order valence-corrected chi connectivity index (χ3v) is 8.34. The van der Waals surface area contributed by atoms with Crippen molar-refractivity contribution in [2.24, 2.45) is 0 Å². The third kappa shape index (κ3) is 20.5. The molecule has 0 spiro atoms. The van der Waals surface area contributed by atoms with Crippen LogP contribution in [0.4, 0.5) is 0 Å². The Labute approximate surface area is 273 Å². The van der Waals surface area contributed by atoms with Crippen molar-refractivity contribution in [2.45, 2.75) is 128 Å². The first kappa shape index (κ1) is 40.8. The molecule has 45 heavy (non-hydrogen) atoms. The molecule has 1 heterocycles. The number of hydrogen-bond acceptors (Lipinski definition) is 7.